The summed E-state index contributed by atoms with van der Waals surface area (Å²) in [5.74, 6) is -0.350. The molecule has 1 aromatic carbocycles. The Morgan fingerprint density at radius 3 is 2.89 bits per heavy atom. The van der Waals surface area contributed by atoms with E-state index in [-0.39, 0.29) is 54.7 Å². The van der Waals surface area contributed by atoms with Crippen molar-refractivity contribution in [2.45, 2.75) is 44.4 Å². The first-order valence-corrected chi connectivity index (χ1v) is 9.72. The summed E-state index contributed by atoms with van der Waals surface area (Å²) >= 11 is 6.31. The van der Waals surface area contributed by atoms with Crippen LogP contribution in [0.15, 0.2) is 18.2 Å². The fourth-order valence-corrected chi connectivity index (χ4v) is 4.10. The minimum Gasteiger partial charge on any atom is -0.376 e. The molecule has 2 fully saturated rings. The Balaban J connectivity index is 0.00000196. The zero-order valence-corrected chi connectivity index (χ0v) is 18.3. The van der Waals surface area contributed by atoms with Crippen molar-refractivity contribution in [2.75, 3.05) is 32.8 Å². The van der Waals surface area contributed by atoms with Crippen LogP contribution >= 0.6 is 36.4 Å². The fraction of sp³-hybridized carbons (Fsp3) is 0.632. The van der Waals surface area contributed by atoms with E-state index < -0.39 is 0 Å². The second-order valence-corrected chi connectivity index (χ2v) is 7.54. The van der Waals surface area contributed by atoms with Gasteiger partial charge in [-0.2, -0.15) is 0 Å². The van der Waals surface area contributed by atoms with E-state index in [0.29, 0.717) is 43.2 Å². The third-order valence-corrected chi connectivity index (χ3v) is 5.46. The quantitative estimate of drug-likeness (QED) is 0.689. The van der Waals surface area contributed by atoms with Crippen LogP contribution in [0.3, 0.4) is 0 Å². The van der Waals surface area contributed by atoms with Gasteiger partial charge in [0, 0.05) is 42.7 Å². The van der Waals surface area contributed by atoms with E-state index in [1.165, 1.54) is 6.07 Å². The molecule has 0 radical (unpaired) electrons. The van der Waals surface area contributed by atoms with Crippen molar-refractivity contribution in [1.82, 2.24) is 15.5 Å². The number of halogens is 4. The highest BCUT2D eigenvalue weighted by Gasteiger charge is 2.29. The lowest BCUT2D eigenvalue weighted by Crippen LogP contribution is -2.47. The lowest BCUT2D eigenvalue weighted by atomic mass is 10.0. The number of hydrogen-bond donors (Lipinski definition) is 2. The van der Waals surface area contributed by atoms with Crippen molar-refractivity contribution >= 4 is 42.3 Å². The number of carbonyl (C=O) groups is 1. The molecule has 2 aliphatic heterocycles. The summed E-state index contributed by atoms with van der Waals surface area (Å²) in [7, 11) is 0. The Morgan fingerprint density at radius 1 is 1.46 bits per heavy atom. The van der Waals surface area contributed by atoms with Crippen molar-refractivity contribution < 1.29 is 13.9 Å². The summed E-state index contributed by atoms with van der Waals surface area (Å²) in [5, 5.41) is 6.70. The van der Waals surface area contributed by atoms with Gasteiger partial charge in [0.05, 0.1) is 18.8 Å². The van der Waals surface area contributed by atoms with Gasteiger partial charge >= 0.3 is 0 Å². The first-order chi connectivity index (χ1) is 12.5. The van der Waals surface area contributed by atoms with Crippen molar-refractivity contribution in [2.24, 2.45) is 0 Å². The fourth-order valence-electron chi connectivity index (χ4n) is 3.81. The third-order valence-electron chi connectivity index (χ3n) is 5.13. The van der Waals surface area contributed by atoms with Crippen LogP contribution in [0.2, 0.25) is 5.02 Å². The molecule has 3 unspecified atom stereocenters. The molecule has 0 aromatic heterocycles. The maximum absolute atomic E-state index is 14.5. The smallest absolute Gasteiger partial charge is 0.221 e. The summed E-state index contributed by atoms with van der Waals surface area (Å²) in [4.78, 5) is 14.5. The maximum Gasteiger partial charge on any atom is 0.221 e. The predicted octanol–water partition coefficient (Wildman–Crippen LogP) is 3.34. The molecular formula is C19H29Cl3FN3O2. The van der Waals surface area contributed by atoms with Crippen molar-refractivity contribution in [3.63, 3.8) is 0 Å². The Hall–Kier alpha value is -0.630. The lowest BCUT2D eigenvalue weighted by Gasteiger charge is -2.38. The molecule has 9 heteroatoms. The molecule has 28 heavy (non-hydrogen) atoms. The minimum absolute atomic E-state index is 0. The number of benzene rings is 1. The molecule has 2 saturated heterocycles. The average molecular weight is 457 g/mol. The number of amides is 1. The largest absolute Gasteiger partial charge is 0.376 e. The Morgan fingerprint density at radius 2 is 2.25 bits per heavy atom. The molecule has 0 spiro atoms. The van der Waals surface area contributed by atoms with Gasteiger partial charge < -0.3 is 15.4 Å². The molecule has 2 aliphatic rings. The number of morpholine rings is 1. The Bertz CT molecular complexity index is 612. The van der Waals surface area contributed by atoms with Gasteiger partial charge in [-0.05, 0) is 38.4 Å². The lowest BCUT2D eigenvalue weighted by molar-refractivity contribution is -0.122. The second-order valence-electron chi connectivity index (χ2n) is 7.13. The monoisotopic (exact) mass is 455 g/mol. The third kappa shape index (κ3) is 6.71. The van der Waals surface area contributed by atoms with Gasteiger partial charge in [0.1, 0.15) is 5.82 Å². The van der Waals surface area contributed by atoms with Crippen LogP contribution in [0, 0.1) is 5.82 Å². The van der Waals surface area contributed by atoms with Gasteiger partial charge in [-0.15, -0.1) is 24.8 Å². The van der Waals surface area contributed by atoms with E-state index in [1.54, 1.807) is 12.1 Å². The summed E-state index contributed by atoms with van der Waals surface area (Å²) in [6, 6.07) is 4.65. The molecule has 0 bridgehead atoms. The van der Waals surface area contributed by atoms with Crippen molar-refractivity contribution in [3.05, 3.63) is 34.6 Å². The summed E-state index contributed by atoms with van der Waals surface area (Å²) in [6.07, 6.45) is 2.65. The number of hydrogen-bond acceptors (Lipinski definition) is 4. The average Bonchev–Trinajstić information content (AvgIpc) is 3.10. The molecule has 1 amide bonds. The van der Waals surface area contributed by atoms with Crippen LogP contribution in [-0.2, 0) is 9.53 Å². The van der Waals surface area contributed by atoms with Gasteiger partial charge in [0.25, 0.3) is 0 Å². The van der Waals surface area contributed by atoms with E-state index in [1.807, 2.05) is 6.92 Å². The molecule has 5 nitrogen and oxygen atoms in total. The van der Waals surface area contributed by atoms with Gasteiger partial charge in [0.2, 0.25) is 5.91 Å². The number of rotatable bonds is 6. The molecule has 0 aliphatic carbocycles. The molecule has 2 heterocycles. The van der Waals surface area contributed by atoms with E-state index in [9.17, 15) is 9.18 Å². The van der Waals surface area contributed by atoms with Crippen LogP contribution in [-0.4, -0.2) is 55.7 Å². The molecule has 3 rings (SSSR count). The molecule has 160 valence electrons. The van der Waals surface area contributed by atoms with Crippen molar-refractivity contribution in [3.8, 4) is 0 Å². The van der Waals surface area contributed by atoms with Crippen LogP contribution in [0.25, 0.3) is 0 Å². The van der Waals surface area contributed by atoms with Gasteiger partial charge in [-0.1, -0.05) is 17.7 Å². The molecule has 2 N–H and O–H groups in total. The highest BCUT2D eigenvalue weighted by Crippen LogP contribution is 2.31. The number of nitrogens with one attached hydrogen (secondary N) is 2. The van der Waals surface area contributed by atoms with Gasteiger partial charge in [-0.3, -0.25) is 9.69 Å². The molecule has 3 atom stereocenters. The highest BCUT2D eigenvalue weighted by molar-refractivity contribution is 6.31. The number of nitrogens with zero attached hydrogens (tertiary/aromatic N) is 1. The predicted molar refractivity (Wildman–Crippen MR) is 114 cm³/mol. The molecule has 1 aromatic rings. The minimum atomic E-state index is -0.339. The molecular weight excluding hydrogens is 428 g/mol. The molecule has 0 saturated carbocycles. The van der Waals surface area contributed by atoms with Crippen LogP contribution in [0.1, 0.15) is 37.8 Å². The Labute approximate surface area is 183 Å². The first-order valence-electron chi connectivity index (χ1n) is 9.34. The van der Waals surface area contributed by atoms with Crippen LogP contribution in [0.5, 0.6) is 0 Å². The zero-order chi connectivity index (χ0) is 18.5. The van der Waals surface area contributed by atoms with E-state index >= 15 is 0 Å². The zero-order valence-electron chi connectivity index (χ0n) is 16.0. The van der Waals surface area contributed by atoms with Crippen LogP contribution in [0.4, 0.5) is 4.39 Å². The van der Waals surface area contributed by atoms with E-state index in [4.69, 9.17) is 16.3 Å². The standard InChI is InChI=1S/C19H27ClFN3O2.2ClH/c1-13-12-24(8-9-26-13)17(19-15(20)5-2-6-16(19)21)11-23-18(25)10-14-4-3-7-22-14;;/h2,5-6,13-14,17,22H,3-4,7-12H2,1H3,(H,23,25);2*1H. The number of ether oxygens (including phenoxy) is 1. The first kappa shape index (κ1) is 25.4. The maximum atomic E-state index is 14.5. The SMILES string of the molecule is CC1CN(C(CNC(=O)CC2CCCN2)c2c(F)cccc2Cl)CCO1.Cl.Cl. The Kier molecular flexibility index (Phi) is 11.0. The van der Waals surface area contributed by atoms with E-state index in [2.05, 4.69) is 15.5 Å². The van der Waals surface area contributed by atoms with Gasteiger partial charge in [-0.25, -0.2) is 4.39 Å². The second kappa shape index (κ2) is 12.2. The van der Waals surface area contributed by atoms with Gasteiger partial charge in [0.15, 0.2) is 0 Å². The normalized spacial score (nSPS) is 23.4. The van der Waals surface area contributed by atoms with Crippen LogP contribution < -0.4 is 10.6 Å². The highest BCUT2D eigenvalue weighted by atomic mass is 35.5. The summed E-state index contributed by atoms with van der Waals surface area (Å²) in [5.41, 5.74) is 0.447. The summed E-state index contributed by atoms with van der Waals surface area (Å²) < 4.78 is 20.1. The topological polar surface area (TPSA) is 53.6 Å². The summed E-state index contributed by atoms with van der Waals surface area (Å²) in [6.45, 7) is 5.24. The van der Waals surface area contributed by atoms with E-state index in [0.717, 1.165) is 19.4 Å². The number of carbonyl (C=O) groups excluding carboxylic acids is 1. The van der Waals surface area contributed by atoms with Crippen molar-refractivity contribution in [1.29, 1.82) is 0 Å².